The van der Waals surface area contributed by atoms with Crippen molar-refractivity contribution < 1.29 is 9.59 Å². The molecule has 0 fully saturated rings. The Bertz CT molecular complexity index is 635. The van der Waals surface area contributed by atoms with Crippen LogP contribution in [0.15, 0.2) is 30.5 Å². The van der Waals surface area contributed by atoms with Crippen LogP contribution in [-0.2, 0) is 7.05 Å². The lowest BCUT2D eigenvalue weighted by Crippen LogP contribution is -2.13. The normalized spacial score (nSPS) is 15.2. The molecule has 0 bridgehead atoms. The Morgan fingerprint density at radius 3 is 2.11 bits per heavy atom. The molecule has 1 aliphatic rings. The van der Waals surface area contributed by atoms with Gasteiger partial charge in [0.05, 0.1) is 5.69 Å². The Hall–Kier alpha value is -2.23. The number of Topliss-reactive ketones (excluding diaryl/α,β-unsaturated/α-hetero) is 2. The summed E-state index contributed by atoms with van der Waals surface area (Å²) in [6, 6.07) is 6.98. The molecule has 0 amide bonds. The van der Waals surface area contributed by atoms with E-state index >= 15 is 0 Å². The first kappa shape index (κ1) is 10.9. The van der Waals surface area contributed by atoms with E-state index in [-0.39, 0.29) is 11.6 Å². The van der Waals surface area contributed by atoms with E-state index in [0.717, 1.165) is 5.69 Å². The number of aryl methyl sites for hydroxylation is 2. The summed E-state index contributed by atoms with van der Waals surface area (Å²) >= 11 is 0. The maximum Gasteiger partial charge on any atom is 0.178 e. The average Bonchev–Trinajstić information content (AvgIpc) is 2.79. The molecule has 18 heavy (non-hydrogen) atoms. The molecule has 1 heterocycles. The van der Waals surface area contributed by atoms with Gasteiger partial charge in [0.15, 0.2) is 11.6 Å². The van der Waals surface area contributed by atoms with Crippen LogP contribution in [0, 0.1) is 6.92 Å². The van der Waals surface area contributed by atoms with E-state index in [1.807, 2.05) is 6.92 Å². The second kappa shape index (κ2) is 3.63. The highest BCUT2D eigenvalue weighted by molar-refractivity contribution is 6.29. The van der Waals surface area contributed by atoms with Crippen molar-refractivity contribution in [1.82, 2.24) is 9.78 Å². The van der Waals surface area contributed by atoms with Crippen molar-refractivity contribution in [3.8, 4) is 0 Å². The van der Waals surface area contributed by atoms with E-state index in [1.165, 1.54) is 0 Å². The van der Waals surface area contributed by atoms with Crippen molar-refractivity contribution in [2.75, 3.05) is 0 Å². The summed E-state index contributed by atoms with van der Waals surface area (Å²) < 4.78 is 1.63. The summed E-state index contributed by atoms with van der Waals surface area (Å²) in [6.07, 6.45) is 1.75. The monoisotopic (exact) mass is 240 g/mol. The zero-order valence-electron chi connectivity index (χ0n) is 10.2. The number of hydrogen-bond acceptors (Lipinski definition) is 3. The van der Waals surface area contributed by atoms with Crippen molar-refractivity contribution in [3.05, 3.63) is 52.8 Å². The fourth-order valence-electron chi connectivity index (χ4n) is 2.53. The van der Waals surface area contributed by atoms with Crippen LogP contribution in [0.3, 0.4) is 0 Å². The van der Waals surface area contributed by atoms with E-state index in [1.54, 1.807) is 42.2 Å². The highest BCUT2D eigenvalue weighted by Crippen LogP contribution is 2.34. The van der Waals surface area contributed by atoms with Crippen LogP contribution in [0.1, 0.15) is 37.9 Å². The number of nitrogens with zero attached hydrogens (tertiary/aromatic N) is 2. The lowest BCUT2D eigenvalue weighted by atomic mass is 9.95. The molecule has 0 saturated carbocycles. The SMILES string of the molecule is Cc1nn(C)cc1C1C(=O)c2ccccc2C1=O. The fraction of sp³-hybridized carbons (Fsp3) is 0.214. The molecular formula is C14H12N2O2. The smallest absolute Gasteiger partial charge is 0.178 e. The Morgan fingerprint density at radius 1 is 1.11 bits per heavy atom. The molecule has 0 aliphatic heterocycles. The van der Waals surface area contributed by atoms with Gasteiger partial charge >= 0.3 is 0 Å². The van der Waals surface area contributed by atoms with Gasteiger partial charge < -0.3 is 0 Å². The van der Waals surface area contributed by atoms with Crippen LogP contribution in [-0.4, -0.2) is 21.3 Å². The van der Waals surface area contributed by atoms with Crippen molar-refractivity contribution >= 4 is 11.6 Å². The summed E-state index contributed by atoms with van der Waals surface area (Å²) in [4.78, 5) is 24.6. The Balaban J connectivity index is 2.15. The topological polar surface area (TPSA) is 52.0 Å². The predicted octanol–water partition coefficient (Wildman–Crippen LogP) is 1.89. The summed E-state index contributed by atoms with van der Waals surface area (Å²) in [7, 11) is 1.79. The van der Waals surface area contributed by atoms with Crippen LogP contribution in [0.5, 0.6) is 0 Å². The number of carbonyl (C=O) groups excluding carboxylic acids is 2. The Labute approximate surface area is 104 Å². The minimum atomic E-state index is -0.712. The van der Waals surface area contributed by atoms with Gasteiger partial charge in [-0.25, -0.2) is 0 Å². The molecule has 90 valence electrons. The quantitative estimate of drug-likeness (QED) is 0.715. The summed E-state index contributed by atoms with van der Waals surface area (Å²) in [5.41, 5.74) is 2.49. The number of ketones is 2. The summed E-state index contributed by atoms with van der Waals surface area (Å²) in [6.45, 7) is 1.82. The van der Waals surface area contributed by atoms with Gasteiger partial charge in [-0.1, -0.05) is 24.3 Å². The minimum Gasteiger partial charge on any atom is -0.293 e. The van der Waals surface area contributed by atoms with Gasteiger partial charge in [0.25, 0.3) is 0 Å². The fourth-order valence-corrected chi connectivity index (χ4v) is 2.53. The van der Waals surface area contributed by atoms with E-state index in [9.17, 15) is 9.59 Å². The maximum absolute atomic E-state index is 12.3. The van der Waals surface area contributed by atoms with E-state index in [4.69, 9.17) is 0 Å². The third-order valence-electron chi connectivity index (χ3n) is 3.34. The second-order valence-corrected chi connectivity index (χ2v) is 4.55. The molecule has 0 radical (unpaired) electrons. The highest BCUT2D eigenvalue weighted by Gasteiger charge is 2.40. The summed E-state index contributed by atoms with van der Waals surface area (Å²) in [5.74, 6) is -0.950. The molecule has 2 aromatic rings. The third kappa shape index (κ3) is 1.35. The molecule has 4 nitrogen and oxygen atoms in total. The molecule has 0 N–H and O–H groups in total. The Morgan fingerprint density at radius 2 is 1.67 bits per heavy atom. The van der Waals surface area contributed by atoms with Gasteiger partial charge in [-0.3, -0.25) is 14.3 Å². The molecule has 0 atom stereocenters. The van der Waals surface area contributed by atoms with Gasteiger partial charge in [0.1, 0.15) is 5.92 Å². The van der Waals surface area contributed by atoms with Crippen molar-refractivity contribution in [2.24, 2.45) is 7.05 Å². The molecule has 4 heteroatoms. The number of aromatic nitrogens is 2. The van der Waals surface area contributed by atoms with Crippen LogP contribution in [0.25, 0.3) is 0 Å². The van der Waals surface area contributed by atoms with E-state index < -0.39 is 5.92 Å². The first-order valence-electron chi connectivity index (χ1n) is 5.77. The van der Waals surface area contributed by atoms with Gasteiger partial charge in [-0.05, 0) is 6.92 Å². The average molecular weight is 240 g/mol. The van der Waals surface area contributed by atoms with Crippen LogP contribution in [0.2, 0.25) is 0 Å². The molecule has 1 aromatic heterocycles. The van der Waals surface area contributed by atoms with Crippen molar-refractivity contribution in [2.45, 2.75) is 12.8 Å². The van der Waals surface area contributed by atoms with Crippen LogP contribution in [0.4, 0.5) is 0 Å². The highest BCUT2D eigenvalue weighted by atomic mass is 16.2. The first-order chi connectivity index (χ1) is 8.59. The molecule has 1 aromatic carbocycles. The molecule has 0 saturated heterocycles. The largest absolute Gasteiger partial charge is 0.293 e. The Kier molecular flexibility index (Phi) is 2.20. The van der Waals surface area contributed by atoms with Gasteiger partial charge in [0.2, 0.25) is 0 Å². The van der Waals surface area contributed by atoms with Gasteiger partial charge in [-0.2, -0.15) is 5.10 Å². The second-order valence-electron chi connectivity index (χ2n) is 4.55. The zero-order chi connectivity index (χ0) is 12.9. The number of benzene rings is 1. The van der Waals surface area contributed by atoms with Crippen molar-refractivity contribution in [3.63, 3.8) is 0 Å². The minimum absolute atomic E-state index is 0.119. The summed E-state index contributed by atoms with van der Waals surface area (Å²) in [5, 5.41) is 4.20. The number of hydrogen-bond donors (Lipinski definition) is 0. The van der Waals surface area contributed by atoms with E-state index in [2.05, 4.69) is 5.10 Å². The van der Waals surface area contributed by atoms with Crippen LogP contribution < -0.4 is 0 Å². The van der Waals surface area contributed by atoms with Crippen LogP contribution >= 0.6 is 0 Å². The number of rotatable bonds is 1. The van der Waals surface area contributed by atoms with Crippen molar-refractivity contribution in [1.29, 1.82) is 0 Å². The molecule has 1 aliphatic carbocycles. The number of fused-ring (bicyclic) bond motifs is 1. The standard InChI is InChI=1S/C14H12N2O2/c1-8-11(7-16(2)15-8)12-13(17)9-5-3-4-6-10(9)14(12)18/h3-7,12H,1-2H3. The van der Waals surface area contributed by atoms with E-state index in [0.29, 0.717) is 16.7 Å². The van der Waals surface area contributed by atoms with Gasteiger partial charge in [0, 0.05) is 29.9 Å². The first-order valence-corrected chi connectivity index (χ1v) is 5.77. The lowest BCUT2D eigenvalue weighted by molar-refractivity contribution is 0.0889. The lowest BCUT2D eigenvalue weighted by Gasteiger charge is -2.04. The number of carbonyl (C=O) groups is 2. The molecule has 3 rings (SSSR count). The zero-order valence-corrected chi connectivity index (χ0v) is 10.2. The van der Waals surface area contributed by atoms with Gasteiger partial charge in [-0.15, -0.1) is 0 Å². The molecule has 0 unspecified atom stereocenters. The predicted molar refractivity (Wildman–Crippen MR) is 65.8 cm³/mol. The maximum atomic E-state index is 12.3. The third-order valence-corrected chi connectivity index (χ3v) is 3.34. The molecular weight excluding hydrogens is 228 g/mol. The molecule has 0 spiro atoms.